The van der Waals surface area contributed by atoms with Gasteiger partial charge >= 0.3 is 12.2 Å². The van der Waals surface area contributed by atoms with Crippen LogP contribution in [-0.2, 0) is 27.1 Å². The summed E-state index contributed by atoms with van der Waals surface area (Å²) < 4.78 is 81.9. The predicted molar refractivity (Wildman–Crippen MR) is 305 cm³/mol. The van der Waals surface area contributed by atoms with Crippen molar-refractivity contribution in [1.82, 2.24) is 30.5 Å². The van der Waals surface area contributed by atoms with Crippen molar-refractivity contribution in [1.29, 1.82) is 5.41 Å². The zero-order chi connectivity index (χ0) is 58.0. The monoisotopic (exact) mass is 1130 g/mol. The van der Waals surface area contributed by atoms with Crippen LogP contribution >= 0.6 is 0 Å². The van der Waals surface area contributed by atoms with Crippen LogP contribution < -0.4 is 36.6 Å². The third kappa shape index (κ3) is 11.7. The SMILES string of the molecule is Cc1cccnc1-c1ccc([C@H](CO)NC(=O)C2CCCN2C(=O)[C@@H](N=C/C(=N\N)c2ccc(COc3c(-c4c(C)c(F)cc(N)c4C=N)c(C(F)(F)F)cc4c(N5C[C@@H]6C[C@H]5CN6)nc(OC5CCOCC5)nc34)cc2)C(C)C)cc1. The number of aliphatic hydroxyl groups is 1. The van der Waals surface area contributed by atoms with E-state index in [1.165, 1.54) is 18.0 Å². The number of fused-ring (bicyclic) bond motifs is 3. The standard InChI is InChI=1S/C60H66F4N12O6/c1-32(2)52(58(79)75-20-6-8-49(75)57(78)71-48(30-77)37-13-15-38(16-14-37)53-33(3)7-5-19-68-53)70-28-47(74-67)36-11-9-35(10-12-36)31-81-55-51(50-34(4)45(61)25-46(66)43(50)26-65)44(60(62,63)64)24-42-54(55)72-59(82-41-17-21-80-22-18-41)73-56(42)76-29-39-23-40(76)27-69-39/h5,7,9-16,19,24-26,28,32,39-41,48-49,52,65,69,77H,6,8,17-18,20-23,27,29-31,66-67H2,1-4H3,(H,71,78)/b65-26?,70-28?,74-47+/t39-,40-,48-,49?,52-/m0/s1. The van der Waals surface area contributed by atoms with Crippen molar-refractivity contribution in [3.8, 4) is 34.1 Å². The number of pyridine rings is 1. The van der Waals surface area contributed by atoms with Gasteiger partial charge in [0.15, 0.2) is 5.75 Å². The van der Waals surface area contributed by atoms with E-state index in [1.54, 1.807) is 30.5 Å². The molecule has 2 aromatic heterocycles. The van der Waals surface area contributed by atoms with Gasteiger partial charge in [0.2, 0.25) is 11.8 Å². The van der Waals surface area contributed by atoms with Crippen molar-refractivity contribution in [2.75, 3.05) is 50.1 Å². The number of hydrogen-bond donors (Lipinski definition) is 6. The summed E-state index contributed by atoms with van der Waals surface area (Å²) in [6.45, 7) is 8.57. The average molecular weight is 1130 g/mol. The number of halogens is 4. The first-order valence-electron chi connectivity index (χ1n) is 27.5. The molecule has 8 N–H and O–H groups in total. The molecule has 2 amide bonds. The Morgan fingerprint density at radius 1 is 1.04 bits per heavy atom. The van der Waals surface area contributed by atoms with E-state index in [0.29, 0.717) is 75.2 Å². The van der Waals surface area contributed by atoms with E-state index in [-0.39, 0.29) is 99.8 Å². The molecule has 2 bridgehead atoms. The third-order valence-electron chi connectivity index (χ3n) is 15.9. The molecule has 6 aromatic rings. The maximum absolute atomic E-state index is 15.9. The molecule has 1 unspecified atom stereocenters. The van der Waals surface area contributed by atoms with Crippen LogP contribution in [0.1, 0.15) is 90.9 Å². The number of nitrogens with one attached hydrogen (secondary N) is 3. The summed E-state index contributed by atoms with van der Waals surface area (Å²) in [7, 11) is 0. The number of rotatable bonds is 18. The van der Waals surface area contributed by atoms with Crippen molar-refractivity contribution < 1.29 is 46.5 Å². The first-order chi connectivity index (χ1) is 39.5. The van der Waals surface area contributed by atoms with Crippen LogP contribution in [0.25, 0.3) is 33.3 Å². The van der Waals surface area contributed by atoms with E-state index in [4.69, 9.17) is 41.2 Å². The molecule has 0 saturated carbocycles. The number of nitrogens with two attached hydrogens (primary N) is 2. The number of aromatic nitrogens is 3. The minimum atomic E-state index is -5.04. The first-order valence-corrected chi connectivity index (χ1v) is 27.5. The van der Waals surface area contributed by atoms with Gasteiger partial charge in [-0.1, -0.05) is 68.4 Å². The predicted octanol–water partition coefficient (Wildman–Crippen LogP) is 8.00. The van der Waals surface area contributed by atoms with Gasteiger partial charge in [0.25, 0.3) is 0 Å². The van der Waals surface area contributed by atoms with E-state index in [9.17, 15) is 14.7 Å². The topological polar surface area (TPSA) is 252 Å². The molecule has 0 radical (unpaired) electrons. The summed E-state index contributed by atoms with van der Waals surface area (Å²) in [6, 6.07) is 17.4. The van der Waals surface area contributed by atoms with Crippen molar-refractivity contribution in [3.63, 3.8) is 0 Å². The number of alkyl halides is 3. The highest BCUT2D eigenvalue weighted by atomic mass is 19.4. The van der Waals surface area contributed by atoms with Gasteiger partial charge in [0, 0.05) is 95.9 Å². The average Bonchev–Trinajstić information content (AvgIpc) is 2.76. The molecule has 4 aromatic carbocycles. The molecule has 4 aliphatic heterocycles. The van der Waals surface area contributed by atoms with Crippen LogP contribution in [0.15, 0.2) is 89.1 Å². The van der Waals surface area contributed by atoms with Crippen LogP contribution in [0.5, 0.6) is 11.8 Å². The number of benzene rings is 4. The Hall–Kier alpha value is -8.08. The summed E-state index contributed by atoms with van der Waals surface area (Å²) in [5.74, 6) is 3.89. The third-order valence-corrected chi connectivity index (χ3v) is 15.9. The Kier molecular flexibility index (Phi) is 16.9. The Labute approximate surface area is 471 Å². The zero-order valence-corrected chi connectivity index (χ0v) is 46.0. The lowest BCUT2D eigenvalue weighted by Crippen LogP contribution is -2.50. The Balaban J connectivity index is 0.925. The molecule has 5 atom stereocenters. The number of aryl methyl sites for hydroxylation is 1. The number of aliphatic imine (C=N–C) groups is 1. The number of anilines is 2. The second-order valence-corrected chi connectivity index (χ2v) is 21.6. The highest BCUT2D eigenvalue weighted by Gasteiger charge is 2.43. The highest BCUT2D eigenvalue weighted by molar-refractivity contribution is 6.38. The fourth-order valence-electron chi connectivity index (χ4n) is 11.5. The lowest BCUT2D eigenvalue weighted by atomic mass is 9.88. The van der Waals surface area contributed by atoms with E-state index < -0.39 is 47.2 Å². The number of carbonyl (C=O) groups excluding carboxylic acids is 2. The van der Waals surface area contributed by atoms with Crippen LogP contribution in [0.2, 0.25) is 0 Å². The maximum Gasteiger partial charge on any atom is 0.417 e. The number of amides is 2. The fraction of sp³-hybridized carbons (Fsp3) is 0.400. The molecule has 0 aliphatic carbocycles. The summed E-state index contributed by atoms with van der Waals surface area (Å²) in [6.07, 6.45) is 1.36. The molecule has 4 fully saturated rings. The van der Waals surface area contributed by atoms with E-state index in [0.717, 1.165) is 41.6 Å². The molecule has 4 saturated heterocycles. The van der Waals surface area contributed by atoms with Crippen LogP contribution in [0, 0.1) is 31.0 Å². The van der Waals surface area contributed by atoms with Crippen LogP contribution in [-0.4, -0.2) is 125 Å². The number of nitrogen functional groups attached to an aromatic ring is 1. The largest absolute Gasteiger partial charge is 0.486 e. The summed E-state index contributed by atoms with van der Waals surface area (Å²) in [4.78, 5) is 50.5. The highest BCUT2D eigenvalue weighted by Crippen LogP contribution is 2.51. The number of hydrogen-bond acceptors (Lipinski definition) is 16. The number of ether oxygens (including phenoxy) is 3. The van der Waals surface area contributed by atoms with Crippen molar-refractivity contribution in [3.05, 3.63) is 124 Å². The van der Waals surface area contributed by atoms with Crippen molar-refractivity contribution in [2.45, 2.75) is 109 Å². The van der Waals surface area contributed by atoms with Gasteiger partial charge < -0.3 is 56.7 Å². The summed E-state index contributed by atoms with van der Waals surface area (Å²) in [5, 5.41) is 29.1. The molecule has 6 heterocycles. The molecule has 430 valence electrons. The van der Waals surface area contributed by atoms with Gasteiger partial charge in [-0.25, -0.2) is 4.39 Å². The summed E-state index contributed by atoms with van der Waals surface area (Å²) in [5.41, 5.74) is 8.27. The van der Waals surface area contributed by atoms with E-state index >= 15 is 17.6 Å². The number of nitrogens with zero attached hydrogens (tertiary/aromatic N) is 7. The minimum Gasteiger partial charge on any atom is -0.486 e. The second kappa shape index (κ2) is 24.2. The Morgan fingerprint density at radius 2 is 1.79 bits per heavy atom. The lowest BCUT2D eigenvalue weighted by molar-refractivity contribution is -0.140. The van der Waals surface area contributed by atoms with Crippen molar-refractivity contribution in [2.24, 2.45) is 21.9 Å². The molecule has 22 heteroatoms. The van der Waals surface area contributed by atoms with Gasteiger partial charge in [0.1, 0.15) is 47.7 Å². The fourth-order valence-corrected chi connectivity index (χ4v) is 11.5. The van der Waals surface area contributed by atoms with Crippen LogP contribution in [0.3, 0.4) is 0 Å². The number of hydrazone groups is 1. The molecule has 10 rings (SSSR count). The van der Waals surface area contributed by atoms with Crippen LogP contribution in [0.4, 0.5) is 29.1 Å². The molecule has 0 spiro atoms. The lowest BCUT2D eigenvalue weighted by Gasteiger charge is -2.31. The van der Waals surface area contributed by atoms with Gasteiger partial charge in [0.05, 0.1) is 43.3 Å². The van der Waals surface area contributed by atoms with E-state index in [2.05, 4.69) is 25.7 Å². The van der Waals surface area contributed by atoms with E-state index in [1.807, 2.05) is 62.1 Å². The minimum absolute atomic E-state index is 0.0167. The molecular weight excluding hydrogens is 1060 g/mol. The molecule has 82 heavy (non-hydrogen) atoms. The van der Waals surface area contributed by atoms with Gasteiger partial charge in [-0.05, 0) is 79.5 Å². The van der Waals surface area contributed by atoms with Gasteiger partial charge in [-0.3, -0.25) is 19.6 Å². The molecule has 18 nitrogen and oxygen atoms in total. The Bertz CT molecular complexity index is 3430. The zero-order valence-electron chi connectivity index (χ0n) is 46.0. The normalized spacial score (nSPS) is 19.3. The molecular formula is C60H66F4N12O6. The quantitative estimate of drug-likeness (QED) is 0.0157. The number of piperazine rings is 1. The Morgan fingerprint density at radius 3 is 2.44 bits per heavy atom. The second-order valence-electron chi connectivity index (χ2n) is 21.6. The number of carbonyl (C=O) groups is 2. The maximum atomic E-state index is 15.9. The summed E-state index contributed by atoms with van der Waals surface area (Å²) >= 11 is 0. The molecule has 4 aliphatic rings. The smallest absolute Gasteiger partial charge is 0.417 e. The number of aliphatic hydroxyl groups excluding tert-OH is 1. The van der Waals surface area contributed by atoms with Gasteiger partial charge in [-0.2, -0.15) is 28.2 Å². The van der Waals surface area contributed by atoms with Crippen molar-refractivity contribution >= 4 is 52.4 Å². The first kappa shape index (κ1) is 57.2. The van der Waals surface area contributed by atoms with Gasteiger partial charge in [-0.15, -0.1) is 0 Å². The number of likely N-dealkylation sites (tertiary alicyclic amines) is 1.